The van der Waals surface area contributed by atoms with Crippen molar-refractivity contribution in [2.75, 3.05) is 6.61 Å². The van der Waals surface area contributed by atoms with Crippen molar-refractivity contribution >= 4 is 34.7 Å². The van der Waals surface area contributed by atoms with Crippen molar-refractivity contribution in [1.29, 1.82) is 0 Å². The Bertz CT molecular complexity index is 1420. The van der Waals surface area contributed by atoms with E-state index in [0.29, 0.717) is 33.1 Å². The lowest BCUT2D eigenvalue weighted by atomic mass is 10.2. The number of carbonyl (C=O) groups excluding carboxylic acids is 1. The highest BCUT2D eigenvalue weighted by molar-refractivity contribution is 6.30. The van der Waals surface area contributed by atoms with Gasteiger partial charge in [-0.05, 0) is 44.2 Å². The smallest absolute Gasteiger partial charge is 0.347 e. The van der Waals surface area contributed by atoms with Gasteiger partial charge in [-0.15, -0.1) is 0 Å². The number of esters is 1. The zero-order chi connectivity index (χ0) is 24.1. The van der Waals surface area contributed by atoms with E-state index in [9.17, 15) is 9.59 Å². The maximum absolute atomic E-state index is 13.3. The number of fused-ring (bicyclic) bond motifs is 1. The Labute approximate surface area is 201 Å². The van der Waals surface area contributed by atoms with Gasteiger partial charge in [0.15, 0.2) is 11.9 Å². The molecule has 1 heterocycles. The summed E-state index contributed by atoms with van der Waals surface area (Å²) in [6, 6.07) is 21.4. The van der Waals surface area contributed by atoms with Gasteiger partial charge in [0.1, 0.15) is 5.75 Å². The topological polar surface area (TPSA) is 82.8 Å². The molecule has 0 fully saturated rings. The molecule has 8 heteroatoms. The number of carbonyl (C=O) groups is 1. The molecule has 4 rings (SSSR count). The van der Waals surface area contributed by atoms with Gasteiger partial charge in [0.2, 0.25) is 0 Å². The van der Waals surface area contributed by atoms with Crippen LogP contribution >= 0.6 is 11.6 Å². The SMILES string of the molecule is CCOC(=O)[C@@H](C)Oc1ccc(Cl)cc1C=Nn1c(-c2ccccc2)nc2ccccc2c1=O. The highest BCUT2D eigenvalue weighted by Crippen LogP contribution is 2.24. The van der Waals surface area contributed by atoms with Crippen LogP contribution in [0.3, 0.4) is 0 Å². The molecule has 0 amide bonds. The van der Waals surface area contributed by atoms with Crippen LogP contribution in [0.5, 0.6) is 5.75 Å². The van der Waals surface area contributed by atoms with Gasteiger partial charge in [-0.1, -0.05) is 54.1 Å². The summed E-state index contributed by atoms with van der Waals surface area (Å²) < 4.78 is 12.1. The van der Waals surface area contributed by atoms with E-state index in [1.54, 1.807) is 50.2 Å². The lowest BCUT2D eigenvalue weighted by molar-refractivity contribution is -0.150. The first-order chi connectivity index (χ1) is 16.5. The summed E-state index contributed by atoms with van der Waals surface area (Å²) in [5.41, 5.74) is 1.49. The van der Waals surface area contributed by atoms with Gasteiger partial charge in [0.25, 0.3) is 5.56 Å². The fraction of sp³-hybridized carbons (Fsp3) is 0.154. The van der Waals surface area contributed by atoms with Crippen LogP contribution in [0.4, 0.5) is 0 Å². The molecule has 0 saturated carbocycles. The molecule has 0 N–H and O–H groups in total. The number of hydrogen-bond donors (Lipinski definition) is 0. The van der Waals surface area contributed by atoms with E-state index in [1.807, 2.05) is 36.4 Å². The second kappa shape index (κ2) is 10.3. The number of para-hydroxylation sites is 1. The molecule has 0 aliphatic rings. The molecule has 0 unspecified atom stereocenters. The van der Waals surface area contributed by atoms with Gasteiger partial charge in [0.05, 0.1) is 23.7 Å². The summed E-state index contributed by atoms with van der Waals surface area (Å²) >= 11 is 6.19. The Hall–Kier alpha value is -3.97. The summed E-state index contributed by atoms with van der Waals surface area (Å²) in [5.74, 6) is 0.281. The number of benzene rings is 3. The quantitative estimate of drug-likeness (QED) is 0.279. The first-order valence-corrected chi connectivity index (χ1v) is 11.1. The summed E-state index contributed by atoms with van der Waals surface area (Å²) in [6.07, 6.45) is 0.627. The van der Waals surface area contributed by atoms with Crippen LogP contribution < -0.4 is 10.3 Å². The fourth-order valence-corrected chi connectivity index (χ4v) is 3.53. The molecule has 0 aliphatic carbocycles. The van der Waals surface area contributed by atoms with E-state index in [4.69, 9.17) is 21.1 Å². The maximum atomic E-state index is 13.3. The fourth-order valence-electron chi connectivity index (χ4n) is 3.35. The molecule has 0 saturated heterocycles. The number of rotatable bonds is 7. The van der Waals surface area contributed by atoms with Gasteiger partial charge in [-0.3, -0.25) is 4.79 Å². The van der Waals surface area contributed by atoms with E-state index < -0.39 is 12.1 Å². The first-order valence-electron chi connectivity index (χ1n) is 10.7. The number of nitrogens with zero attached hydrogens (tertiary/aromatic N) is 3. The Morgan fingerprint density at radius 1 is 1.12 bits per heavy atom. The Morgan fingerprint density at radius 2 is 1.85 bits per heavy atom. The van der Waals surface area contributed by atoms with Crippen molar-refractivity contribution in [2.24, 2.45) is 5.10 Å². The van der Waals surface area contributed by atoms with Crippen LogP contribution in [0.25, 0.3) is 22.3 Å². The first kappa shape index (κ1) is 23.2. The summed E-state index contributed by atoms with van der Waals surface area (Å²) in [4.78, 5) is 30.0. The van der Waals surface area contributed by atoms with Crippen LogP contribution in [0, 0.1) is 0 Å². The van der Waals surface area contributed by atoms with Crippen LogP contribution in [0.1, 0.15) is 19.4 Å². The molecule has 1 aromatic heterocycles. The van der Waals surface area contributed by atoms with Crippen LogP contribution in [0.15, 0.2) is 82.7 Å². The lowest BCUT2D eigenvalue weighted by Crippen LogP contribution is -2.26. The minimum atomic E-state index is -0.835. The summed E-state index contributed by atoms with van der Waals surface area (Å²) in [5, 5.41) is 5.35. The van der Waals surface area contributed by atoms with Gasteiger partial charge < -0.3 is 9.47 Å². The van der Waals surface area contributed by atoms with E-state index >= 15 is 0 Å². The molecular formula is C26H22ClN3O4. The maximum Gasteiger partial charge on any atom is 0.347 e. The number of halogens is 1. The summed E-state index contributed by atoms with van der Waals surface area (Å²) in [6.45, 7) is 3.57. The van der Waals surface area contributed by atoms with Crippen molar-refractivity contribution in [3.05, 3.63) is 93.7 Å². The minimum absolute atomic E-state index is 0.252. The van der Waals surface area contributed by atoms with Crippen molar-refractivity contribution in [1.82, 2.24) is 9.66 Å². The highest BCUT2D eigenvalue weighted by atomic mass is 35.5. The largest absolute Gasteiger partial charge is 0.478 e. The zero-order valence-electron chi connectivity index (χ0n) is 18.6. The van der Waals surface area contributed by atoms with Crippen molar-refractivity contribution in [3.63, 3.8) is 0 Å². The molecule has 4 aromatic rings. The summed E-state index contributed by atoms with van der Waals surface area (Å²) in [7, 11) is 0. The molecule has 0 aliphatic heterocycles. The van der Waals surface area contributed by atoms with E-state index in [0.717, 1.165) is 5.56 Å². The van der Waals surface area contributed by atoms with Crippen molar-refractivity contribution in [2.45, 2.75) is 20.0 Å². The second-order valence-electron chi connectivity index (χ2n) is 7.37. The molecular weight excluding hydrogens is 454 g/mol. The number of hydrogen-bond acceptors (Lipinski definition) is 6. The van der Waals surface area contributed by atoms with Gasteiger partial charge in [0, 0.05) is 16.1 Å². The van der Waals surface area contributed by atoms with Crippen LogP contribution in [-0.4, -0.2) is 34.6 Å². The van der Waals surface area contributed by atoms with Crippen LogP contribution in [-0.2, 0) is 9.53 Å². The Morgan fingerprint density at radius 3 is 2.62 bits per heavy atom. The lowest BCUT2D eigenvalue weighted by Gasteiger charge is -2.15. The predicted octanol–water partition coefficient (Wildman–Crippen LogP) is 4.93. The average molecular weight is 476 g/mol. The zero-order valence-corrected chi connectivity index (χ0v) is 19.4. The molecule has 3 aromatic carbocycles. The standard InChI is InChI=1S/C26H22ClN3O4/c1-3-33-26(32)17(2)34-23-14-13-20(27)15-19(23)16-28-30-24(18-9-5-4-6-10-18)29-22-12-8-7-11-21(22)25(30)31/h4-17H,3H2,1-2H3/t17-/m1/s1. The molecule has 7 nitrogen and oxygen atoms in total. The Balaban J connectivity index is 1.80. The van der Waals surface area contributed by atoms with E-state index in [2.05, 4.69) is 10.1 Å². The monoisotopic (exact) mass is 475 g/mol. The highest BCUT2D eigenvalue weighted by Gasteiger charge is 2.18. The normalized spacial score (nSPS) is 12.1. The van der Waals surface area contributed by atoms with E-state index in [-0.39, 0.29) is 12.2 Å². The molecule has 0 bridgehead atoms. The third-order valence-corrected chi connectivity index (χ3v) is 5.23. The van der Waals surface area contributed by atoms with Crippen molar-refractivity contribution < 1.29 is 14.3 Å². The van der Waals surface area contributed by atoms with Crippen molar-refractivity contribution in [3.8, 4) is 17.1 Å². The minimum Gasteiger partial charge on any atom is -0.478 e. The van der Waals surface area contributed by atoms with Gasteiger partial charge in [-0.2, -0.15) is 9.78 Å². The van der Waals surface area contributed by atoms with Gasteiger partial charge >= 0.3 is 5.97 Å². The third-order valence-electron chi connectivity index (χ3n) is 4.99. The molecule has 34 heavy (non-hydrogen) atoms. The predicted molar refractivity (Wildman–Crippen MR) is 133 cm³/mol. The number of aromatic nitrogens is 2. The molecule has 0 spiro atoms. The average Bonchev–Trinajstić information content (AvgIpc) is 2.85. The van der Waals surface area contributed by atoms with Crippen LogP contribution in [0.2, 0.25) is 5.02 Å². The molecule has 172 valence electrons. The van der Waals surface area contributed by atoms with Gasteiger partial charge in [-0.25, -0.2) is 9.78 Å². The number of ether oxygens (including phenoxy) is 2. The molecule has 0 radical (unpaired) electrons. The second-order valence-corrected chi connectivity index (χ2v) is 7.81. The van der Waals surface area contributed by atoms with E-state index in [1.165, 1.54) is 10.9 Å². The third kappa shape index (κ3) is 5.00. The Kier molecular flexibility index (Phi) is 7.04. The molecule has 1 atom stereocenters.